The van der Waals surface area contributed by atoms with Gasteiger partial charge in [-0.1, -0.05) is 30.3 Å². The first-order valence-corrected chi connectivity index (χ1v) is 7.84. The quantitative estimate of drug-likeness (QED) is 0.720. The van der Waals surface area contributed by atoms with E-state index in [0.717, 1.165) is 5.56 Å². The SMILES string of the molecule is CNC(c1cc(C)c(F)c(C)c1)c1cc2ccccc2s1. The molecular formula is C18H18FNS. The van der Waals surface area contributed by atoms with E-state index in [1.807, 2.05) is 33.0 Å². The average Bonchev–Trinajstić information content (AvgIpc) is 2.89. The number of nitrogens with one attached hydrogen (secondary N) is 1. The van der Waals surface area contributed by atoms with Gasteiger partial charge in [-0.15, -0.1) is 11.3 Å². The van der Waals surface area contributed by atoms with Crippen LogP contribution < -0.4 is 5.32 Å². The van der Waals surface area contributed by atoms with Crippen molar-refractivity contribution in [3.63, 3.8) is 0 Å². The van der Waals surface area contributed by atoms with Gasteiger partial charge in [0.1, 0.15) is 5.82 Å². The molecule has 1 aromatic heterocycles. The molecule has 1 N–H and O–H groups in total. The maximum absolute atomic E-state index is 13.8. The highest BCUT2D eigenvalue weighted by atomic mass is 32.1. The lowest BCUT2D eigenvalue weighted by Crippen LogP contribution is -2.17. The zero-order valence-corrected chi connectivity index (χ0v) is 13.2. The molecule has 0 aliphatic carbocycles. The van der Waals surface area contributed by atoms with Crippen LogP contribution in [0.15, 0.2) is 42.5 Å². The molecule has 0 aliphatic rings. The summed E-state index contributed by atoms with van der Waals surface area (Å²) in [6, 6.07) is 14.6. The Morgan fingerprint density at radius 1 is 1.05 bits per heavy atom. The fraction of sp³-hybridized carbons (Fsp3) is 0.222. The van der Waals surface area contributed by atoms with E-state index in [-0.39, 0.29) is 11.9 Å². The Labute approximate surface area is 128 Å². The fourth-order valence-electron chi connectivity index (χ4n) is 2.76. The van der Waals surface area contributed by atoms with Gasteiger partial charge in [-0.2, -0.15) is 0 Å². The summed E-state index contributed by atoms with van der Waals surface area (Å²) in [6.07, 6.45) is 0. The summed E-state index contributed by atoms with van der Waals surface area (Å²) in [5, 5.41) is 4.62. The van der Waals surface area contributed by atoms with Crippen LogP contribution in [0.1, 0.15) is 27.6 Å². The lowest BCUT2D eigenvalue weighted by atomic mass is 9.99. The summed E-state index contributed by atoms with van der Waals surface area (Å²) in [4.78, 5) is 1.25. The Bertz CT molecular complexity index is 735. The predicted molar refractivity (Wildman–Crippen MR) is 88.6 cm³/mol. The Kier molecular flexibility index (Phi) is 3.79. The van der Waals surface area contributed by atoms with Crippen molar-refractivity contribution in [3.05, 3.63) is 69.8 Å². The number of halogens is 1. The zero-order valence-electron chi connectivity index (χ0n) is 12.4. The first kappa shape index (κ1) is 14.2. The summed E-state index contributed by atoms with van der Waals surface area (Å²) >= 11 is 1.78. The van der Waals surface area contributed by atoms with Gasteiger partial charge in [0.2, 0.25) is 0 Å². The first-order chi connectivity index (χ1) is 10.1. The van der Waals surface area contributed by atoms with Crippen LogP contribution in [0.2, 0.25) is 0 Å². The van der Waals surface area contributed by atoms with Crippen LogP contribution in [-0.4, -0.2) is 7.05 Å². The fourth-order valence-corrected chi connectivity index (χ4v) is 3.97. The standard InChI is InChI=1S/C18H18FNS/c1-11-8-14(9-12(2)17(11)19)18(20-3)16-10-13-6-4-5-7-15(13)21-16/h4-10,18,20H,1-3H3. The summed E-state index contributed by atoms with van der Waals surface area (Å²) in [5.74, 6) is -0.107. The summed E-state index contributed by atoms with van der Waals surface area (Å²) in [7, 11) is 1.95. The van der Waals surface area contributed by atoms with E-state index in [1.165, 1.54) is 15.0 Å². The van der Waals surface area contributed by atoms with Crippen LogP contribution in [0.5, 0.6) is 0 Å². The van der Waals surface area contributed by atoms with Gasteiger partial charge in [0.05, 0.1) is 6.04 Å². The van der Waals surface area contributed by atoms with Crippen molar-refractivity contribution >= 4 is 21.4 Å². The third-order valence-electron chi connectivity index (χ3n) is 3.81. The van der Waals surface area contributed by atoms with Gasteiger partial charge in [-0.25, -0.2) is 4.39 Å². The van der Waals surface area contributed by atoms with Crippen molar-refractivity contribution in [2.24, 2.45) is 0 Å². The zero-order chi connectivity index (χ0) is 15.0. The van der Waals surface area contributed by atoms with E-state index in [1.54, 1.807) is 11.3 Å². The number of rotatable bonds is 3. The molecule has 0 saturated carbocycles. The van der Waals surface area contributed by atoms with E-state index >= 15 is 0 Å². The number of thiophene rings is 1. The number of benzene rings is 2. The molecule has 21 heavy (non-hydrogen) atoms. The maximum Gasteiger partial charge on any atom is 0.129 e. The molecule has 1 heterocycles. The minimum Gasteiger partial charge on any atom is -0.309 e. The molecule has 0 radical (unpaired) electrons. The van der Waals surface area contributed by atoms with Gasteiger partial charge >= 0.3 is 0 Å². The maximum atomic E-state index is 13.8. The lowest BCUT2D eigenvalue weighted by molar-refractivity contribution is 0.605. The highest BCUT2D eigenvalue weighted by molar-refractivity contribution is 7.19. The van der Waals surface area contributed by atoms with Crippen molar-refractivity contribution in [2.45, 2.75) is 19.9 Å². The molecule has 1 nitrogen and oxygen atoms in total. The van der Waals surface area contributed by atoms with Crippen molar-refractivity contribution in [3.8, 4) is 0 Å². The Morgan fingerprint density at radius 3 is 2.33 bits per heavy atom. The smallest absolute Gasteiger partial charge is 0.129 e. The molecule has 108 valence electrons. The van der Waals surface area contributed by atoms with Crippen molar-refractivity contribution in [1.82, 2.24) is 5.32 Å². The number of fused-ring (bicyclic) bond motifs is 1. The average molecular weight is 299 g/mol. The van der Waals surface area contributed by atoms with Gasteiger partial charge in [0.25, 0.3) is 0 Å². The van der Waals surface area contributed by atoms with Crippen LogP contribution in [0.3, 0.4) is 0 Å². The topological polar surface area (TPSA) is 12.0 Å². The predicted octanol–water partition coefficient (Wildman–Crippen LogP) is 4.97. The molecule has 0 aliphatic heterocycles. The van der Waals surface area contributed by atoms with Crippen molar-refractivity contribution in [2.75, 3.05) is 7.05 Å². The van der Waals surface area contributed by atoms with Crippen LogP contribution in [0.4, 0.5) is 4.39 Å². The normalized spacial score (nSPS) is 12.8. The Balaban J connectivity index is 2.09. The second-order valence-corrected chi connectivity index (χ2v) is 6.49. The van der Waals surface area contributed by atoms with E-state index in [2.05, 4.69) is 35.6 Å². The number of hydrogen-bond donors (Lipinski definition) is 1. The van der Waals surface area contributed by atoms with Crippen molar-refractivity contribution in [1.29, 1.82) is 0 Å². The Hall–Kier alpha value is -1.71. The largest absolute Gasteiger partial charge is 0.309 e. The molecule has 0 bridgehead atoms. The second kappa shape index (κ2) is 5.58. The molecule has 0 saturated heterocycles. The van der Waals surface area contributed by atoms with E-state index in [4.69, 9.17) is 0 Å². The van der Waals surface area contributed by atoms with E-state index in [0.29, 0.717) is 11.1 Å². The third kappa shape index (κ3) is 2.59. The monoisotopic (exact) mass is 299 g/mol. The van der Waals surface area contributed by atoms with Gasteiger partial charge in [-0.3, -0.25) is 0 Å². The molecule has 3 rings (SSSR count). The van der Waals surface area contributed by atoms with Gasteiger partial charge in [0, 0.05) is 9.58 Å². The summed E-state index contributed by atoms with van der Waals surface area (Å²) < 4.78 is 15.1. The van der Waals surface area contributed by atoms with Crippen LogP contribution in [0.25, 0.3) is 10.1 Å². The minimum atomic E-state index is -0.107. The van der Waals surface area contributed by atoms with Crippen LogP contribution >= 0.6 is 11.3 Å². The molecule has 3 heteroatoms. The van der Waals surface area contributed by atoms with Gasteiger partial charge in [-0.05, 0) is 55.1 Å². The number of hydrogen-bond acceptors (Lipinski definition) is 2. The Morgan fingerprint density at radius 2 is 1.71 bits per heavy atom. The highest BCUT2D eigenvalue weighted by Gasteiger charge is 2.17. The molecule has 0 fully saturated rings. The van der Waals surface area contributed by atoms with Crippen molar-refractivity contribution < 1.29 is 4.39 Å². The van der Waals surface area contributed by atoms with Crippen LogP contribution in [0, 0.1) is 19.7 Å². The van der Waals surface area contributed by atoms with Gasteiger partial charge in [0.15, 0.2) is 0 Å². The van der Waals surface area contributed by atoms with Crippen LogP contribution in [-0.2, 0) is 0 Å². The molecule has 3 aromatic rings. The lowest BCUT2D eigenvalue weighted by Gasteiger charge is -2.17. The van der Waals surface area contributed by atoms with E-state index in [9.17, 15) is 4.39 Å². The highest BCUT2D eigenvalue weighted by Crippen LogP contribution is 2.33. The minimum absolute atomic E-state index is 0.0976. The third-order valence-corrected chi connectivity index (χ3v) is 4.99. The molecule has 0 spiro atoms. The molecular weight excluding hydrogens is 281 g/mol. The van der Waals surface area contributed by atoms with E-state index < -0.39 is 0 Å². The summed E-state index contributed by atoms with van der Waals surface area (Å²) in [6.45, 7) is 3.65. The molecule has 0 amide bonds. The summed E-state index contributed by atoms with van der Waals surface area (Å²) in [5.41, 5.74) is 2.51. The first-order valence-electron chi connectivity index (χ1n) is 7.02. The second-order valence-electron chi connectivity index (χ2n) is 5.38. The van der Waals surface area contributed by atoms with Gasteiger partial charge < -0.3 is 5.32 Å². The number of aryl methyl sites for hydroxylation is 2. The molecule has 1 atom stereocenters. The molecule has 1 unspecified atom stereocenters. The molecule has 2 aromatic carbocycles.